The molecular formula is C22H28Br2O8. The normalized spacial score (nSPS) is 55.8. The Labute approximate surface area is 203 Å². The number of rotatable bonds is 6. The molecule has 0 saturated heterocycles. The van der Waals surface area contributed by atoms with E-state index in [1.165, 1.54) is 13.8 Å². The number of carbonyl (C=O) groups is 2. The van der Waals surface area contributed by atoms with Gasteiger partial charge in [-0.05, 0) is 23.7 Å². The minimum absolute atomic E-state index is 0.0355. The molecule has 10 heteroatoms. The summed E-state index contributed by atoms with van der Waals surface area (Å²) in [5, 5.41) is 0. The van der Waals surface area contributed by atoms with E-state index in [0.717, 1.165) is 0 Å². The highest BCUT2D eigenvalue weighted by molar-refractivity contribution is 9.10. The Morgan fingerprint density at radius 1 is 0.688 bits per heavy atom. The number of hydrogen-bond donors (Lipinski definition) is 0. The number of ether oxygens (including phenoxy) is 6. The third kappa shape index (κ3) is 1.80. The highest BCUT2D eigenvalue weighted by Crippen LogP contribution is 2.92. The van der Waals surface area contributed by atoms with Crippen LogP contribution in [0.2, 0.25) is 0 Å². The van der Waals surface area contributed by atoms with Gasteiger partial charge in [-0.1, -0.05) is 31.9 Å². The summed E-state index contributed by atoms with van der Waals surface area (Å²) in [6.07, 6.45) is -1.18. The minimum atomic E-state index is -1.14. The van der Waals surface area contributed by atoms with Crippen molar-refractivity contribution in [3.05, 3.63) is 0 Å². The minimum Gasteiger partial charge on any atom is -0.461 e. The Kier molecular flexibility index (Phi) is 4.37. The van der Waals surface area contributed by atoms with E-state index >= 15 is 0 Å². The van der Waals surface area contributed by atoms with Crippen LogP contribution in [0.25, 0.3) is 0 Å². The molecule has 0 radical (unpaired) electrons. The maximum Gasteiger partial charge on any atom is 0.302 e. The van der Waals surface area contributed by atoms with Crippen molar-refractivity contribution in [2.24, 2.45) is 47.3 Å². The van der Waals surface area contributed by atoms with E-state index in [-0.39, 0.29) is 47.4 Å². The molecule has 8 nitrogen and oxygen atoms in total. The van der Waals surface area contributed by atoms with E-state index in [4.69, 9.17) is 28.4 Å². The van der Waals surface area contributed by atoms with Crippen molar-refractivity contribution in [2.75, 3.05) is 28.4 Å². The summed E-state index contributed by atoms with van der Waals surface area (Å²) in [6.45, 7) is 2.84. The van der Waals surface area contributed by atoms with E-state index in [0.29, 0.717) is 11.8 Å². The summed E-state index contributed by atoms with van der Waals surface area (Å²) in [4.78, 5) is 24.8. The number of fused-ring (bicyclic) bond motifs is 1. The zero-order chi connectivity index (χ0) is 23.2. The molecule has 10 unspecified atom stereocenters. The van der Waals surface area contributed by atoms with Crippen molar-refractivity contribution in [1.29, 1.82) is 0 Å². The molecule has 6 fully saturated rings. The predicted octanol–water partition coefficient (Wildman–Crippen LogP) is 2.11. The lowest BCUT2D eigenvalue weighted by molar-refractivity contribution is -0.287. The van der Waals surface area contributed by atoms with Crippen molar-refractivity contribution in [3.63, 3.8) is 0 Å². The van der Waals surface area contributed by atoms with E-state index in [2.05, 4.69) is 31.9 Å². The fourth-order valence-corrected chi connectivity index (χ4v) is 13.0. The van der Waals surface area contributed by atoms with Crippen LogP contribution in [0.3, 0.4) is 0 Å². The first-order valence-corrected chi connectivity index (χ1v) is 12.6. The summed E-state index contributed by atoms with van der Waals surface area (Å²) in [7, 11) is 6.59. The number of methoxy groups -OCH3 is 4. The molecule has 178 valence electrons. The summed E-state index contributed by atoms with van der Waals surface area (Å²) >= 11 is 8.19. The van der Waals surface area contributed by atoms with Crippen LogP contribution in [0.5, 0.6) is 0 Å². The van der Waals surface area contributed by atoms with Crippen LogP contribution in [-0.4, -0.2) is 72.8 Å². The molecule has 0 heterocycles. The Morgan fingerprint density at radius 3 is 1.72 bits per heavy atom. The lowest BCUT2D eigenvalue weighted by Gasteiger charge is -2.69. The van der Waals surface area contributed by atoms with Gasteiger partial charge in [0.15, 0.2) is 11.6 Å². The maximum absolute atomic E-state index is 12.4. The summed E-state index contributed by atoms with van der Waals surface area (Å²) < 4.78 is 35.5. The summed E-state index contributed by atoms with van der Waals surface area (Å²) in [5.41, 5.74) is 0. The average molecular weight is 580 g/mol. The van der Waals surface area contributed by atoms with Gasteiger partial charge in [-0.2, -0.15) is 0 Å². The molecular weight excluding hydrogens is 552 g/mol. The topological polar surface area (TPSA) is 89.5 Å². The summed E-state index contributed by atoms with van der Waals surface area (Å²) in [6, 6.07) is 0. The average Bonchev–Trinajstić information content (AvgIpc) is 3.20. The van der Waals surface area contributed by atoms with Gasteiger partial charge in [-0.3, -0.25) is 9.59 Å². The van der Waals surface area contributed by atoms with Crippen molar-refractivity contribution in [2.45, 2.75) is 46.3 Å². The van der Waals surface area contributed by atoms with Crippen LogP contribution in [0.15, 0.2) is 0 Å². The predicted molar refractivity (Wildman–Crippen MR) is 116 cm³/mol. The molecule has 12 atom stereocenters. The lowest BCUT2D eigenvalue weighted by Crippen LogP contribution is -2.76. The van der Waals surface area contributed by atoms with E-state index in [1.54, 1.807) is 28.4 Å². The molecule has 0 aliphatic heterocycles. The molecule has 0 spiro atoms. The lowest BCUT2D eigenvalue weighted by atomic mass is 9.39. The second-order valence-corrected chi connectivity index (χ2v) is 12.9. The van der Waals surface area contributed by atoms with Crippen LogP contribution in [0.4, 0.5) is 0 Å². The fourth-order valence-electron chi connectivity index (χ4n) is 9.91. The monoisotopic (exact) mass is 578 g/mol. The second-order valence-electron chi connectivity index (χ2n) is 10.2. The second kappa shape index (κ2) is 6.29. The number of carbonyl (C=O) groups excluding carboxylic acids is 2. The maximum atomic E-state index is 12.4. The SMILES string of the molecule is COC1(OC)C2C3C4C5C6[C@@H](OC(C)=O)[C@](Br)(C2C(OC(C)=O)C(Br)(C35)C6(OC)OC)C41. The van der Waals surface area contributed by atoms with Gasteiger partial charge >= 0.3 is 11.9 Å². The van der Waals surface area contributed by atoms with Crippen molar-refractivity contribution >= 4 is 43.8 Å². The molecule has 6 rings (SSSR count). The molecule has 6 saturated carbocycles. The van der Waals surface area contributed by atoms with E-state index in [1.807, 2.05) is 0 Å². The Balaban J connectivity index is 1.68. The standard InChI is InChI=1S/C22H28Br2O8/c1-7(25)31-17-14-11-9-10-12(11)20(24,22(14,29-5)30-6)18(32-8(2)26)15-13(10)21(27-3,28-4)16(9)19(15,17)23/h9-18H,1-6H3/t9?,10?,11?,12?,13?,14?,15?,16?,17-,18?,19+,20?/m1/s1. The smallest absolute Gasteiger partial charge is 0.302 e. The van der Waals surface area contributed by atoms with Crippen molar-refractivity contribution in [3.8, 4) is 0 Å². The molecule has 2 bridgehead atoms. The molecule has 0 aromatic heterocycles. The van der Waals surface area contributed by atoms with Crippen LogP contribution >= 0.6 is 31.9 Å². The van der Waals surface area contributed by atoms with Crippen molar-refractivity contribution < 1.29 is 38.0 Å². The molecule has 6 aliphatic carbocycles. The third-order valence-electron chi connectivity index (χ3n) is 10.00. The fraction of sp³-hybridized carbons (Fsp3) is 0.909. The van der Waals surface area contributed by atoms with Gasteiger partial charge in [-0.15, -0.1) is 0 Å². The molecule has 6 aliphatic rings. The largest absolute Gasteiger partial charge is 0.461 e. The van der Waals surface area contributed by atoms with Crippen molar-refractivity contribution in [1.82, 2.24) is 0 Å². The van der Waals surface area contributed by atoms with Crippen LogP contribution in [0.1, 0.15) is 13.8 Å². The quantitative estimate of drug-likeness (QED) is 0.268. The van der Waals surface area contributed by atoms with Gasteiger partial charge in [0.2, 0.25) is 0 Å². The Hall–Kier alpha value is -0.260. The highest BCUT2D eigenvalue weighted by atomic mass is 79.9. The van der Waals surface area contributed by atoms with Crippen LogP contribution in [-0.2, 0) is 38.0 Å². The molecule has 32 heavy (non-hydrogen) atoms. The van der Waals surface area contributed by atoms with E-state index in [9.17, 15) is 9.59 Å². The van der Waals surface area contributed by atoms with Gasteiger partial charge in [0.05, 0.1) is 10.2 Å². The van der Waals surface area contributed by atoms with E-state index < -0.39 is 32.4 Å². The zero-order valence-electron chi connectivity index (χ0n) is 18.8. The van der Waals surface area contributed by atoms with Gasteiger partial charge in [0, 0.05) is 60.0 Å². The number of halogens is 2. The first-order chi connectivity index (χ1) is 15.1. The van der Waals surface area contributed by atoms with Gasteiger partial charge in [0.1, 0.15) is 16.5 Å². The Morgan fingerprint density at radius 2 is 1.22 bits per heavy atom. The van der Waals surface area contributed by atoms with Gasteiger partial charge in [0.25, 0.3) is 0 Å². The van der Waals surface area contributed by atoms with Gasteiger partial charge in [-0.25, -0.2) is 0 Å². The summed E-state index contributed by atoms with van der Waals surface area (Å²) in [5.74, 6) is -2.55. The first-order valence-electron chi connectivity index (χ1n) is 11.0. The zero-order valence-corrected chi connectivity index (χ0v) is 22.0. The third-order valence-corrected chi connectivity index (χ3v) is 13.0. The van der Waals surface area contributed by atoms with Crippen LogP contribution < -0.4 is 0 Å². The molecule has 0 aromatic carbocycles. The highest BCUT2D eigenvalue weighted by Gasteiger charge is 3.00. The van der Waals surface area contributed by atoms with Gasteiger partial charge < -0.3 is 28.4 Å². The molecule has 0 aromatic rings. The number of alkyl halides is 2. The number of esters is 2. The van der Waals surface area contributed by atoms with Crippen LogP contribution in [0, 0.1) is 47.3 Å². The number of hydrogen-bond acceptors (Lipinski definition) is 8. The molecule has 0 amide bonds. The Bertz CT molecular complexity index is 904. The molecule has 0 N–H and O–H groups in total. The first kappa shape index (κ1) is 22.2.